The lowest BCUT2D eigenvalue weighted by molar-refractivity contribution is -0.142. The van der Waals surface area contributed by atoms with Crippen molar-refractivity contribution in [2.45, 2.75) is 10.7 Å². The summed E-state index contributed by atoms with van der Waals surface area (Å²) < 4.78 is 0. The highest BCUT2D eigenvalue weighted by molar-refractivity contribution is 7.99. The lowest BCUT2D eigenvalue weighted by Gasteiger charge is -2.24. The van der Waals surface area contributed by atoms with E-state index in [4.69, 9.17) is 5.73 Å². The third-order valence-corrected chi connectivity index (χ3v) is 3.68. The van der Waals surface area contributed by atoms with Gasteiger partial charge in [-0.1, -0.05) is 42.1 Å². The molecule has 0 radical (unpaired) electrons. The Hall–Kier alpha value is -1.79. The summed E-state index contributed by atoms with van der Waals surface area (Å²) in [5, 5.41) is 10.0. The molecule has 18 heavy (non-hydrogen) atoms. The Bertz CT molecular complexity index is 515. The number of aromatic nitrogens is 2. The van der Waals surface area contributed by atoms with Crippen LogP contribution in [0.1, 0.15) is 5.56 Å². The van der Waals surface area contributed by atoms with E-state index in [-0.39, 0.29) is 5.75 Å². The highest BCUT2D eigenvalue weighted by Crippen LogP contribution is 2.26. The normalized spacial score (nSPS) is 14.1. The number of carboxylic acid groups (broad SMARTS) is 1. The molecule has 0 saturated carbocycles. The van der Waals surface area contributed by atoms with Crippen LogP contribution in [0, 0.1) is 0 Å². The van der Waals surface area contributed by atoms with Gasteiger partial charge in [-0.05, 0) is 5.56 Å². The van der Waals surface area contributed by atoms with Crippen molar-refractivity contribution >= 4 is 17.7 Å². The van der Waals surface area contributed by atoms with Crippen molar-refractivity contribution in [3.8, 4) is 0 Å². The molecule has 0 aliphatic heterocycles. The molecule has 5 nitrogen and oxygen atoms in total. The molecule has 6 heteroatoms. The number of benzene rings is 1. The van der Waals surface area contributed by atoms with E-state index in [0.717, 1.165) is 0 Å². The Morgan fingerprint density at radius 2 is 2.17 bits per heavy atom. The van der Waals surface area contributed by atoms with Gasteiger partial charge in [0.25, 0.3) is 0 Å². The average molecular weight is 263 g/mol. The second-order valence-corrected chi connectivity index (χ2v) is 4.79. The van der Waals surface area contributed by atoms with Crippen LogP contribution < -0.4 is 5.73 Å². The topological polar surface area (TPSA) is 92.0 Å². The number of hydrogen-bond acceptors (Lipinski definition) is 4. The molecule has 0 aliphatic rings. The first-order chi connectivity index (χ1) is 8.63. The second-order valence-electron chi connectivity index (χ2n) is 3.83. The Morgan fingerprint density at radius 3 is 2.72 bits per heavy atom. The zero-order valence-corrected chi connectivity index (χ0v) is 10.4. The van der Waals surface area contributed by atoms with Crippen molar-refractivity contribution in [1.82, 2.24) is 9.97 Å². The van der Waals surface area contributed by atoms with Gasteiger partial charge in [0.1, 0.15) is 5.54 Å². The van der Waals surface area contributed by atoms with E-state index in [9.17, 15) is 9.90 Å². The molecule has 1 unspecified atom stereocenters. The summed E-state index contributed by atoms with van der Waals surface area (Å²) in [5.41, 5.74) is 5.18. The van der Waals surface area contributed by atoms with E-state index >= 15 is 0 Å². The fraction of sp³-hybridized carbons (Fsp3) is 0.167. The molecule has 94 valence electrons. The number of nitrogens with one attached hydrogen (secondary N) is 1. The maximum atomic E-state index is 11.4. The van der Waals surface area contributed by atoms with Crippen LogP contribution in [-0.2, 0) is 10.3 Å². The first-order valence-electron chi connectivity index (χ1n) is 5.33. The van der Waals surface area contributed by atoms with E-state index in [1.807, 2.05) is 6.07 Å². The van der Waals surface area contributed by atoms with Gasteiger partial charge >= 0.3 is 5.97 Å². The van der Waals surface area contributed by atoms with Crippen LogP contribution in [0.25, 0.3) is 0 Å². The number of aliphatic carboxylic acids is 1. The number of hydrogen-bond donors (Lipinski definition) is 3. The molecule has 2 aromatic rings. The van der Waals surface area contributed by atoms with Crippen molar-refractivity contribution < 1.29 is 9.90 Å². The number of H-pyrrole nitrogens is 1. The molecule has 2 rings (SSSR count). The number of thioether (sulfide) groups is 1. The summed E-state index contributed by atoms with van der Waals surface area (Å²) in [6.07, 6.45) is 3.30. The number of imidazole rings is 1. The summed E-state index contributed by atoms with van der Waals surface area (Å²) >= 11 is 1.28. The average Bonchev–Trinajstić information content (AvgIpc) is 2.90. The first kappa shape index (κ1) is 12.7. The van der Waals surface area contributed by atoms with Crippen LogP contribution in [-0.4, -0.2) is 26.8 Å². The predicted octanol–water partition coefficient (Wildman–Crippen LogP) is 1.44. The third-order valence-electron chi connectivity index (χ3n) is 2.58. The van der Waals surface area contributed by atoms with E-state index < -0.39 is 11.5 Å². The fourth-order valence-electron chi connectivity index (χ4n) is 1.52. The highest BCUT2D eigenvalue weighted by atomic mass is 32.2. The number of carboxylic acids is 1. The van der Waals surface area contributed by atoms with Crippen LogP contribution in [0.3, 0.4) is 0 Å². The summed E-state index contributed by atoms with van der Waals surface area (Å²) in [7, 11) is 0. The fourth-order valence-corrected chi connectivity index (χ4v) is 2.46. The quantitative estimate of drug-likeness (QED) is 0.710. The molecule has 0 fully saturated rings. The van der Waals surface area contributed by atoms with Crippen molar-refractivity contribution in [3.05, 3.63) is 48.3 Å². The zero-order valence-electron chi connectivity index (χ0n) is 9.54. The molecular formula is C12H13N3O2S. The van der Waals surface area contributed by atoms with Gasteiger partial charge in [0.15, 0.2) is 5.16 Å². The molecule has 1 atom stereocenters. The number of rotatable bonds is 5. The Kier molecular flexibility index (Phi) is 3.69. The molecule has 1 heterocycles. The summed E-state index contributed by atoms with van der Waals surface area (Å²) in [5.74, 6) is -0.840. The van der Waals surface area contributed by atoms with Crippen LogP contribution in [0.4, 0.5) is 0 Å². The lowest BCUT2D eigenvalue weighted by Crippen LogP contribution is -2.47. The molecule has 0 saturated heterocycles. The van der Waals surface area contributed by atoms with Gasteiger partial charge in [0.05, 0.1) is 0 Å². The van der Waals surface area contributed by atoms with Gasteiger partial charge < -0.3 is 15.8 Å². The highest BCUT2D eigenvalue weighted by Gasteiger charge is 2.36. The molecule has 1 aromatic heterocycles. The number of nitrogens with zero attached hydrogens (tertiary/aromatic N) is 1. The zero-order chi connectivity index (χ0) is 13.0. The summed E-state index contributed by atoms with van der Waals surface area (Å²) in [6, 6.07) is 8.81. The van der Waals surface area contributed by atoms with Crippen LogP contribution in [0.5, 0.6) is 0 Å². The van der Waals surface area contributed by atoms with E-state index in [2.05, 4.69) is 9.97 Å². The minimum Gasteiger partial charge on any atom is -0.480 e. The Morgan fingerprint density at radius 1 is 1.44 bits per heavy atom. The Labute approximate surface area is 108 Å². The minimum atomic E-state index is -1.42. The molecule has 0 bridgehead atoms. The molecule has 0 spiro atoms. The van der Waals surface area contributed by atoms with Crippen LogP contribution >= 0.6 is 11.8 Å². The monoisotopic (exact) mass is 263 g/mol. The van der Waals surface area contributed by atoms with Crippen molar-refractivity contribution in [3.63, 3.8) is 0 Å². The van der Waals surface area contributed by atoms with Gasteiger partial charge in [0, 0.05) is 18.1 Å². The van der Waals surface area contributed by atoms with Crippen LogP contribution in [0.15, 0.2) is 47.9 Å². The maximum Gasteiger partial charge on any atom is 0.329 e. The van der Waals surface area contributed by atoms with Gasteiger partial charge in [0.2, 0.25) is 0 Å². The SMILES string of the molecule is NC(CSc1ncc[nH]1)(C(=O)O)c1ccccc1. The predicted molar refractivity (Wildman–Crippen MR) is 69.3 cm³/mol. The Balaban J connectivity index is 2.20. The second kappa shape index (κ2) is 5.24. The first-order valence-corrected chi connectivity index (χ1v) is 6.31. The molecule has 0 aliphatic carbocycles. The third kappa shape index (κ3) is 2.55. The largest absolute Gasteiger partial charge is 0.480 e. The standard InChI is InChI=1S/C12H13N3O2S/c13-12(10(16)17,9-4-2-1-3-5-9)8-18-11-14-6-7-15-11/h1-7H,8,13H2,(H,14,15)(H,16,17). The van der Waals surface area contributed by atoms with Gasteiger partial charge in [-0.15, -0.1) is 0 Å². The van der Waals surface area contributed by atoms with Gasteiger partial charge in [-0.25, -0.2) is 9.78 Å². The van der Waals surface area contributed by atoms with Crippen molar-refractivity contribution in [2.75, 3.05) is 5.75 Å². The van der Waals surface area contributed by atoms with Gasteiger partial charge in [-0.2, -0.15) is 0 Å². The minimum absolute atomic E-state index is 0.208. The van der Waals surface area contributed by atoms with Crippen molar-refractivity contribution in [1.29, 1.82) is 0 Å². The number of aromatic amines is 1. The van der Waals surface area contributed by atoms with Gasteiger partial charge in [-0.3, -0.25) is 0 Å². The molecule has 1 aromatic carbocycles. The molecular weight excluding hydrogens is 250 g/mol. The summed E-state index contributed by atoms with van der Waals surface area (Å²) in [4.78, 5) is 18.3. The smallest absolute Gasteiger partial charge is 0.329 e. The maximum absolute atomic E-state index is 11.4. The van der Waals surface area contributed by atoms with E-state index in [1.165, 1.54) is 11.8 Å². The molecule has 4 N–H and O–H groups in total. The van der Waals surface area contributed by atoms with Crippen molar-refractivity contribution in [2.24, 2.45) is 5.73 Å². The van der Waals surface area contributed by atoms with E-state index in [0.29, 0.717) is 10.7 Å². The molecule has 0 amide bonds. The van der Waals surface area contributed by atoms with Crippen LogP contribution in [0.2, 0.25) is 0 Å². The lowest BCUT2D eigenvalue weighted by atomic mass is 9.93. The van der Waals surface area contributed by atoms with E-state index in [1.54, 1.807) is 36.7 Å². The number of carbonyl (C=O) groups is 1. The number of nitrogens with two attached hydrogens (primary N) is 1. The summed E-state index contributed by atoms with van der Waals surface area (Å²) in [6.45, 7) is 0.